The molecule has 2 aromatic rings. The highest BCUT2D eigenvalue weighted by Gasteiger charge is 2.21. The van der Waals surface area contributed by atoms with Crippen LogP contribution in [-0.4, -0.2) is 40.6 Å². The summed E-state index contributed by atoms with van der Waals surface area (Å²) in [7, 11) is -7.51. The van der Waals surface area contributed by atoms with Crippen molar-refractivity contribution in [3.8, 4) is 0 Å². The predicted molar refractivity (Wildman–Crippen MR) is 110 cm³/mol. The summed E-state index contributed by atoms with van der Waals surface area (Å²) in [6.07, 6.45) is -1.59. The number of primary sulfonamides is 1. The SMILES string of the molecule is Cc1ccc(S(=O)(=O)CCC(=O)OC(C)C(=O)Nc2ccc(S(N)(=O)=O)cc2)cc1. The van der Waals surface area contributed by atoms with Gasteiger partial charge in [0.05, 0.1) is 22.0 Å². The molecular formula is C19H22N2O7S2. The van der Waals surface area contributed by atoms with Crippen molar-refractivity contribution >= 4 is 37.4 Å². The highest BCUT2D eigenvalue weighted by Crippen LogP contribution is 2.15. The Morgan fingerprint density at radius 3 is 2.03 bits per heavy atom. The number of hydrogen-bond acceptors (Lipinski definition) is 7. The van der Waals surface area contributed by atoms with Crippen molar-refractivity contribution in [2.75, 3.05) is 11.1 Å². The molecule has 162 valence electrons. The van der Waals surface area contributed by atoms with Gasteiger partial charge in [0.25, 0.3) is 5.91 Å². The number of ether oxygens (including phenoxy) is 1. The van der Waals surface area contributed by atoms with Crippen LogP contribution in [0.5, 0.6) is 0 Å². The van der Waals surface area contributed by atoms with E-state index in [0.717, 1.165) is 5.56 Å². The number of amides is 1. The summed E-state index contributed by atoms with van der Waals surface area (Å²) in [5.74, 6) is -1.94. The van der Waals surface area contributed by atoms with Gasteiger partial charge in [-0.15, -0.1) is 0 Å². The molecule has 0 aliphatic heterocycles. The number of anilines is 1. The third-order valence-electron chi connectivity index (χ3n) is 4.08. The molecule has 0 aromatic heterocycles. The standard InChI is InChI=1S/C19H22N2O7S2/c1-13-3-7-16(8-4-13)29(24,25)12-11-18(22)28-14(2)19(23)21-15-5-9-17(10-6-15)30(20,26)27/h3-10,14H,11-12H2,1-2H3,(H,21,23)(H2,20,26,27). The molecule has 0 fully saturated rings. The van der Waals surface area contributed by atoms with Crippen LogP contribution in [-0.2, 0) is 34.2 Å². The average molecular weight is 455 g/mol. The Hall–Kier alpha value is -2.76. The van der Waals surface area contributed by atoms with E-state index < -0.39 is 50.0 Å². The molecule has 0 saturated heterocycles. The second kappa shape index (κ2) is 9.37. The molecule has 0 aliphatic carbocycles. The van der Waals surface area contributed by atoms with Crippen molar-refractivity contribution in [2.45, 2.75) is 36.2 Å². The number of carbonyl (C=O) groups excluding carboxylic acids is 2. The molecule has 0 spiro atoms. The van der Waals surface area contributed by atoms with E-state index in [-0.39, 0.29) is 15.5 Å². The topological polar surface area (TPSA) is 150 Å². The summed E-state index contributed by atoms with van der Waals surface area (Å²) in [6.45, 7) is 3.16. The van der Waals surface area contributed by atoms with E-state index in [1.807, 2.05) is 6.92 Å². The molecule has 1 unspecified atom stereocenters. The first-order chi connectivity index (χ1) is 13.9. The molecule has 11 heteroatoms. The van der Waals surface area contributed by atoms with Gasteiger partial charge in [-0.25, -0.2) is 22.0 Å². The normalized spacial score (nSPS) is 12.8. The number of rotatable bonds is 8. The number of aryl methyl sites for hydroxylation is 1. The molecule has 1 amide bonds. The number of carbonyl (C=O) groups is 2. The number of esters is 1. The summed E-state index contributed by atoms with van der Waals surface area (Å²) in [5.41, 5.74) is 1.18. The van der Waals surface area contributed by atoms with Crippen LogP contribution in [0.4, 0.5) is 5.69 Å². The second-order valence-electron chi connectivity index (χ2n) is 6.57. The van der Waals surface area contributed by atoms with Crippen molar-refractivity contribution < 1.29 is 31.2 Å². The van der Waals surface area contributed by atoms with Crippen LogP contribution < -0.4 is 10.5 Å². The lowest BCUT2D eigenvalue weighted by atomic mass is 10.2. The summed E-state index contributed by atoms with van der Waals surface area (Å²) in [6, 6.07) is 11.4. The minimum absolute atomic E-state index is 0.106. The fourth-order valence-corrected chi connectivity index (χ4v) is 4.10. The summed E-state index contributed by atoms with van der Waals surface area (Å²) in [5, 5.41) is 7.46. The molecular weight excluding hydrogens is 432 g/mol. The third-order valence-corrected chi connectivity index (χ3v) is 6.74. The van der Waals surface area contributed by atoms with Gasteiger partial charge < -0.3 is 10.1 Å². The Labute approximate surface area is 175 Å². The van der Waals surface area contributed by atoms with Crippen molar-refractivity contribution in [1.29, 1.82) is 0 Å². The zero-order chi connectivity index (χ0) is 22.5. The van der Waals surface area contributed by atoms with Crippen molar-refractivity contribution in [3.63, 3.8) is 0 Å². The lowest BCUT2D eigenvalue weighted by molar-refractivity contribution is -0.152. The van der Waals surface area contributed by atoms with Gasteiger partial charge in [-0.05, 0) is 50.2 Å². The van der Waals surface area contributed by atoms with Crippen molar-refractivity contribution in [1.82, 2.24) is 0 Å². The van der Waals surface area contributed by atoms with E-state index >= 15 is 0 Å². The second-order valence-corrected chi connectivity index (χ2v) is 10.2. The average Bonchev–Trinajstić information content (AvgIpc) is 2.66. The molecule has 0 bridgehead atoms. The summed E-state index contributed by atoms with van der Waals surface area (Å²) < 4.78 is 52.0. The maximum absolute atomic E-state index is 12.3. The van der Waals surface area contributed by atoms with Crippen LogP contribution in [0, 0.1) is 6.92 Å². The predicted octanol–water partition coefficient (Wildman–Crippen LogP) is 1.38. The molecule has 30 heavy (non-hydrogen) atoms. The van der Waals surface area contributed by atoms with Crippen LogP contribution in [0.25, 0.3) is 0 Å². The van der Waals surface area contributed by atoms with E-state index in [2.05, 4.69) is 5.32 Å². The Balaban J connectivity index is 1.88. The largest absolute Gasteiger partial charge is 0.453 e. The first kappa shape index (κ1) is 23.5. The molecule has 3 N–H and O–H groups in total. The minimum atomic E-state index is -3.85. The van der Waals surface area contributed by atoms with Crippen LogP contribution >= 0.6 is 0 Å². The first-order valence-corrected chi connectivity index (χ1v) is 12.0. The zero-order valence-corrected chi connectivity index (χ0v) is 18.0. The van der Waals surface area contributed by atoms with E-state index in [1.165, 1.54) is 43.3 Å². The number of nitrogens with one attached hydrogen (secondary N) is 1. The monoisotopic (exact) mass is 454 g/mol. The van der Waals surface area contributed by atoms with Crippen LogP contribution in [0.1, 0.15) is 18.9 Å². The van der Waals surface area contributed by atoms with Gasteiger partial charge in [0.1, 0.15) is 0 Å². The first-order valence-electron chi connectivity index (χ1n) is 8.81. The Morgan fingerprint density at radius 2 is 1.50 bits per heavy atom. The van der Waals surface area contributed by atoms with Gasteiger partial charge in [0, 0.05) is 5.69 Å². The lowest BCUT2D eigenvalue weighted by Gasteiger charge is -2.14. The molecule has 0 aliphatic rings. The number of sulfonamides is 1. The zero-order valence-electron chi connectivity index (χ0n) is 16.4. The highest BCUT2D eigenvalue weighted by atomic mass is 32.2. The molecule has 2 rings (SSSR count). The number of benzene rings is 2. The molecule has 1 atom stereocenters. The van der Waals surface area contributed by atoms with Gasteiger partial charge in [-0.3, -0.25) is 9.59 Å². The highest BCUT2D eigenvalue weighted by molar-refractivity contribution is 7.91. The van der Waals surface area contributed by atoms with E-state index in [9.17, 15) is 26.4 Å². The number of hydrogen-bond donors (Lipinski definition) is 2. The molecule has 9 nitrogen and oxygen atoms in total. The molecule has 2 aromatic carbocycles. The number of nitrogens with two attached hydrogens (primary N) is 1. The van der Waals surface area contributed by atoms with Crippen molar-refractivity contribution in [3.05, 3.63) is 54.1 Å². The van der Waals surface area contributed by atoms with Gasteiger partial charge in [-0.2, -0.15) is 0 Å². The van der Waals surface area contributed by atoms with E-state index in [4.69, 9.17) is 9.88 Å². The fourth-order valence-electron chi connectivity index (χ4n) is 2.36. The Morgan fingerprint density at radius 1 is 0.967 bits per heavy atom. The Bertz CT molecular complexity index is 1120. The quantitative estimate of drug-likeness (QED) is 0.572. The van der Waals surface area contributed by atoms with Crippen LogP contribution in [0.2, 0.25) is 0 Å². The maximum atomic E-state index is 12.3. The number of sulfone groups is 1. The Kier molecular flexibility index (Phi) is 7.34. The maximum Gasteiger partial charge on any atom is 0.307 e. The summed E-state index contributed by atoms with van der Waals surface area (Å²) >= 11 is 0. The van der Waals surface area contributed by atoms with E-state index in [0.29, 0.717) is 0 Å². The van der Waals surface area contributed by atoms with Crippen LogP contribution in [0.3, 0.4) is 0 Å². The van der Waals surface area contributed by atoms with Gasteiger partial charge >= 0.3 is 5.97 Å². The third kappa shape index (κ3) is 6.65. The van der Waals surface area contributed by atoms with Gasteiger partial charge in [0.15, 0.2) is 15.9 Å². The molecule has 0 saturated carbocycles. The van der Waals surface area contributed by atoms with Crippen molar-refractivity contribution in [2.24, 2.45) is 5.14 Å². The van der Waals surface area contributed by atoms with Gasteiger partial charge in [-0.1, -0.05) is 17.7 Å². The minimum Gasteiger partial charge on any atom is -0.453 e. The van der Waals surface area contributed by atoms with E-state index in [1.54, 1.807) is 12.1 Å². The molecule has 0 radical (unpaired) electrons. The lowest BCUT2D eigenvalue weighted by Crippen LogP contribution is -2.30. The van der Waals surface area contributed by atoms with Gasteiger partial charge in [0.2, 0.25) is 10.0 Å². The molecule has 0 heterocycles. The smallest absolute Gasteiger partial charge is 0.307 e. The fraction of sp³-hybridized carbons (Fsp3) is 0.263. The van der Waals surface area contributed by atoms with Crippen LogP contribution in [0.15, 0.2) is 58.3 Å². The summed E-state index contributed by atoms with van der Waals surface area (Å²) in [4.78, 5) is 24.1.